The Kier molecular flexibility index (Phi) is 14.4. The van der Waals surface area contributed by atoms with Gasteiger partial charge in [-0.2, -0.15) is 0 Å². The first-order valence-electron chi connectivity index (χ1n) is 18.9. The first-order valence-corrected chi connectivity index (χ1v) is 18.9. The van der Waals surface area contributed by atoms with E-state index < -0.39 is 53.3 Å². The van der Waals surface area contributed by atoms with E-state index in [0.717, 1.165) is 0 Å². The van der Waals surface area contributed by atoms with Crippen LogP contribution in [0.2, 0.25) is 0 Å². The van der Waals surface area contributed by atoms with Crippen molar-refractivity contribution in [1.29, 1.82) is 0 Å². The fourth-order valence-electron chi connectivity index (χ4n) is 6.30. The zero-order valence-corrected chi connectivity index (χ0v) is 33.0. The van der Waals surface area contributed by atoms with Crippen LogP contribution in [0, 0.1) is 10.8 Å². The zero-order chi connectivity index (χ0) is 40.5. The van der Waals surface area contributed by atoms with Crippen LogP contribution in [0.25, 0.3) is 6.08 Å². The van der Waals surface area contributed by atoms with Gasteiger partial charge in [0.05, 0.1) is 30.8 Å². The molecule has 13 nitrogen and oxygen atoms in total. The molecule has 2 fully saturated rings. The Hall–Kier alpha value is -4.66. The van der Waals surface area contributed by atoms with Crippen LogP contribution in [0.1, 0.15) is 87.1 Å². The number of oxazole rings is 2. The maximum atomic E-state index is 13.4. The van der Waals surface area contributed by atoms with E-state index >= 15 is 0 Å². The molecule has 2 aromatic heterocycles. The quantitative estimate of drug-likeness (QED) is 0.178. The molecular weight excluding hydrogens is 720 g/mol. The number of methoxy groups -OCH3 is 1. The number of epoxide rings is 2. The Morgan fingerprint density at radius 2 is 1.41 bits per heavy atom. The van der Waals surface area contributed by atoms with Crippen LogP contribution in [0.15, 0.2) is 100 Å². The van der Waals surface area contributed by atoms with E-state index in [1.165, 1.54) is 12.5 Å². The number of allylic oxidation sites excluding steroid dienone is 8. The number of carbonyl (C=O) groups is 2. The van der Waals surface area contributed by atoms with Gasteiger partial charge in [-0.05, 0) is 13.8 Å². The van der Waals surface area contributed by atoms with Crippen molar-refractivity contribution < 1.29 is 52.3 Å². The van der Waals surface area contributed by atoms with Gasteiger partial charge in [0, 0.05) is 36.9 Å². The summed E-state index contributed by atoms with van der Waals surface area (Å²) in [4.78, 5) is 35.3. The highest BCUT2D eigenvalue weighted by Crippen LogP contribution is 2.44. The zero-order valence-electron chi connectivity index (χ0n) is 33.0. The lowest BCUT2D eigenvalue weighted by molar-refractivity contribution is -0.0526. The number of carbonyl (C=O) groups excluding carboxylic acids is 2. The summed E-state index contributed by atoms with van der Waals surface area (Å²) >= 11 is 0. The van der Waals surface area contributed by atoms with Crippen LogP contribution in [-0.2, 0) is 30.1 Å². The topological polar surface area (TPSA) is 179 Å². The lowest BCUT2D eigenvalue weighted by Gasteiger charge is -2.36. The third kappa shape index (κ3) is 11.0. The van der Waals surface area contributed by atoms with Crippen molar-refractivity contribution in [1.82, 2.24) is 9.97 Å². The first-order chi connectivity index (χ1) is 26.8. The van der Waals surface area contributed by atoms with Gasteiger partial charge in [-0.15, -0.1) is 0 Å². The SMILES string of the molecule is C/C=C/C(O)C(C)(C)C1C\C=C/C=C\C=C/C(OC)Cc2nc(co2)C(=O)OC(C(C)(C)C(O)/C=C/C)CC2OC2C2OC2/C=C\C=C\c2nc(co2)C(=O)O1. The molecule has 56 heavy (non-hydrogen) atoms. The number of aromatic nitrogens is 2. The lowest BCUT2D eigenvalue weighted by Crippen LogP contribution is -2.43. The standard InChI is InChI=1S/C43H54N2O11/c1-8-17-32(46)42(3,4)34-21-14-12-10-11-13-19-27(50-7)23-37-45-29(26-52-37)41(49)56-35(43(5,6)33(47)18-9-2)24-31-39(54-31)38-30(53-38)20-15-16-22-36-44-28(25-51-36)40(48)55-34/h8-20,22,25-27,30-35,38-39,46-47H,21,23-24H2,1-7H3/b11-10-,14-12-,17-8+,18-9+,19-13-,20-15-,22-16+. The number of aliphatic hydroxyl groups is 2. The highest BCUT2D eigenvalue weighted by Gasteiger charge is 2.58. The summed E-state index contributed by atoms with van der Waals surface area (Å²) in [6.07, 6.45) is 23.8. The van der Waals surface area contributed by atoms with Crippen molar-refractivity contribution >= 4 is 18.0 Å². The molecule has 9 unspecified atom stereocenters. The minimum absolute atomic E-state index is 0.00482. The molecule has 0 spiro atoms. The number of hydrogen-bond donors (Lipinski definition) is 2. The minimum atomic E-state index is -0.895. The molecule has 5 heterocycles. The van der Waals surface area contributed by atoms with Crippen molar-refractivity contribution in [3.8, 4) is 0 Å². The van der Waals surface area contributed by atoms with Crippen molar-refractivity contribution in [2.45, 2.75) is 116 Å². The summed E-state index contributed by atoms with van der Waals surface area (Å²) < 4.78 is 40.5. The molecule has 4 bridgehead atoms. The Morgan fingerprint density at radius 1 is 0.786 bits per heavy atom. The van der Waals surface area contributed by atoms with Crippen LogP contribution in [-0.4, -0.2) is 94.2 Å². The van der Waals surface area contributed by atoms with Crippen LogP contribution >= 0.6 is 0 Å². The van der Waals surface area contributed by atoms with E-state index in [9.17, 15) is 19.8 Å². The molecule has 2 saturated heterocycles. The van der Waals surface area contributed by atoms with Gasteiger partial charge in [-0.3, -0.25) is 0 Å². The molecule has 13 heteroatoms. The number of ether oxygens (including phenoxy) is 5. The molecule has 302 valence electrons. The van der Waals surface area contributed by atoms with E-state index in [1.54, 1.807) is 49.6 Å². The third-order valence-electron chi connectivity index (χ3n) is 10.4. The number of aliphatic hydroxyl groups excluding tert-OH is 2. The van der Waals surface area contributed by atoms with Crippen LogP contribution in [0.5, 0.6) is 0 Å². The second-order valence-electron chi connectivity index (χ2n) is 15.2. The average molecular weight is 775 g/mol. The summed E-state index contributed by atoms with van der Waals surface area (Å²) in [5.74, 6) is -0.844. The number of fused-ring (bicyclic) bond motifs is 7. The van der Waals surface area contributed by atoms with E-state index in [-0.39, 0.29) is 54.0 Å². The second-order valence-corrected chi connectivity index (χ2v) is 15.2. The van der Waals surface area contributed by atoms with Crippen molar-refractivity contribution in [3.63, 3.8) is 0 Å². The number of hydrogen-bond acceptors (Lipinski definition) is 13. The first kappa shape index (κ1) is 42.5. The number of cyclic esters (lactones) is 2. The Bertz CT molecular complexity index is 1840. The van der Waals surface area contributed by atoms with Crippen molar-refractivity contribution in [2.24, 2.45) is 10.8 Å². The molecule has 3 aliphatic rings. The molecular formula is C43H54N2O11. The molecule has 0 aliphatic carbocycles. The predicted molar refractivity (Wildman–Crippen MR) is 207 cm³/mol. The van der Waals surface area contributed by atoms with Crippen molar-refractivity contribution in [2.75, 3.05) is 7.11 Å². The number of rotatable bonds is 7. The van der Waals surface area contributed by atoms with Gasteiger partial charge >= 0.3 is 11.9 Å². The maximum Gasteiger partial charge on any atom is 0.360 e. The number of nitrogens with zero attached hydrogens (tertiary/aromatic N) is 2. The summed E-state index contributed by atoms with van der Waals surface area (Å²) in [7, 11) is 1.56. The molecule has 9 atom stereocenters. The predicted octanol–water partition coefficient (Wildman–Crippen LogP) is 6.46. The average Bonchev–Trinajstić information content (AvgIpc) is 3.99. The summed E-state index contributed by atoms with van der Waals surface area (Å²) in [6.45, 7) is 11.0. The van der Waals surface area contributed by atoms with Gasteiger partial charge in [-0.1, -0.05) is 107 Å². The molecule has 2 N–H and O–H groups in total. The Labute approximate surface area is 328 Å². The lowest BCUT2D eigenvalue weighted by atomic mass is 9.78. The molecule has 3 aliphatic heterocycles. The fraction of sp³-hybridized carbons (Fsp3) is 0.488. The van der Waals surface area contributed by atoms with Crippen LogP contribution < -0.4 is 0 Å². The van der Waals surface area contributed by atoms with E-state index in [0.29, 0.717) is 12.8 Å². The smallest absolute Gasteiger partial charge is 0.360 e. The molecule has 0 radical (unpaired) electrons. The van der Waals surface area contributed by atoms with Crippen LogP contribution in [0.4, 0.5) is 0 Å². The van der Waals surface area contributed by atoms with Crippen LogP contribution in [0.3, 0.4) is 0 Å². The monoisotopic (exact) mass is 774 g/mol. The van der Waals surface area contributed by atoms with Gasteiger partial charge in [0.25, 0.3) is 0 Å². The molecule has 0 aromatic carbocycles. The van der Waals surface area contributed by atoms with E-state index in [4.69, 9.17) is 32.5 Å². The molecule has 2 aromatic rings. The normalized spacial score (nSPS) is 30.9. The Morgan fingerprint density at radius 3 is 2.11 bits per heavy atom. The molecule has 0 saturated carbocycles. The highest BCUT2D eigenvalue weighted by atomic mass is 16.7. The highest BCUT2D eigenvalue weighted by molar-refractivity contribution is 5.87. The Balaban J connectivity index is 1.37. The van der Waals surface area contributed by atoms with Gasteiger partial charge in [0.1, 0.15) is 43.0 Å². The fourth-order valence-corrected chi connectivity index (χ4v) is 6.30. The van der Waals surface area contributed by atoms with E-state index in [2.05, 4.69) is 9.97 Å². The second kappa shape index (κ2) is 19.0. The van der Waals surface area contributed by atoms with Gasteiger partial charge in [0.15, 0.2) is 17.3 Å². The van der Waals surface area contributed by atoms with E-state index in [1.807, 2.05) is 84.1 Å². The molecule has 0 amide bonds. The largest absolute Gasteiger partial charge is 0.457 e. The van der Waals surface area contributed by atoms with Gasteiger partial charge < -0.3 is 42.7 Å². The minimum Gasteiger partial charge on any atom is -0.457 e. The van der Waals surface area contributed by atoms with Crippen molar-refractivity contribution in [3.05, 3.63) is 115 Å². The molecule has 5 rings (SSSR count). The summed E-state index contributed by atoms with van der Waals surface area (Å²) in [6, 6.07) is 0. The number of esters is 2. The maximum absolute atomic E-state index is 13.4. The van der Waals surface area contributed by atoms with Gasteiger partial charge in [0.2, 0.25) is 5.89 Å². The summed E-state index contributed by atoms with van der Waals surface area (Å²) in [5.41, 5.74) is -1.69. The third-order valence-corrected chi connectivity index (χ3v) is 10.4. The van der Waals surface area contributed by atoms with Gasteiger partial charge in [-0.25, -0.2) is 19.6 Å². The summed E-state index contributed by atoms with van der Waals surface area (Å²) in [5, 5.41) is 21.9.